The molecule has 7 heteroatoms. The van der Waals surface area contributed by atoms with Crippen LogP contribution in [0.2, 0.25) is 0 Å². The third-order valence-corrected chi connectivity index (χ3v) is 3.17. The highest BCUT2D eigenvalue weighted by Crippen LogP contribution is 2.15. The molecule has 1 unspecified atom stereocenters. The molecule has 3 N–H and O–H groups in total. The largest absolute Gasteiger partial charge is 0.478 e. The number of aromatic carboxylic acids is 1. The fourth-order valence-electron chi connectivity index (χ4n) is 1.46. The fourth-order valence-corrected chi connectivity index (χ4v) is 1.85. The number of carboxylic acid groups (broad SMARTS) is 1. The second kappa shape index (κ2) is 6.89. The van der Waals surface area contributed by atoms with Crippen molar-refractivity contribution in [1.29, 1.82) is 0 Å². The van der Waals surface area contributed by atoms with E-state index in [0.29, 0.717) is 23.5 Å². The van der Waals surface area contributed by atoms with Gasteiger partial charge in [0.05, 0.1) is 5.56 Å². The summed E-state index contributed by atoms with van der Waals surface area (Å²) in [4.78, 5) is 22.3. The molecule has 0 aromatic heterocycles. The first-order valence-electron chi connectivity index (χ1n) is 5.59. The molecule has 1 atom stereocenters. The highest BCUT2D eigenvalue weighted by molar-refractivity contribution is 7.84. The fraction of sp³-hybridized carbons (Fsp3) is 0.333. The molecule has 0 fully saturated rings. The van der Waals surface area contributed by atoms with Gasteiger partial charge in [0, 0.05) is 35.0 Å². The smallest absolute Gasteiger partial charge is 0.335 e. The minimum Gasteiger partial charge on any atom is -0.478 e. The van der Waals surface area contributed by atoms with E-state index >= 15 is 0 Å². The van der Waals surface area contributed by atoms with E-state index in [1.807, 2.05) is 0 Å². The van der Waals surface area contributed by atoms with Crippen LogP contribution in [0.3, 0.4) is 0 Å². The Bertz CT molecular complexity index is 516. The zero-order chi connectivity index (χ0) is 14.4. The number of hydrogen-bond acceptors (Lipinski definition) is 3. The number of urea groups is 1. The zero-order valence-electron chi connectivity index (χ0n) is 10.7. The topological polar surface area (TPSA) is 95.5 Å². The first-order valence-corrected chi connectivity index (χ1v) is 7.31. The molecule has 0 aliphatic rings. The highest BCUT2D eigenvalue weighted by Gasteiger charge is 2.08. The minimum atomic E-state index is -1.00. The lowest BCUT2D eigenvalue weighted by atomic mass is 10.1. The zero-order valence-corrected chi connectivity index (χ0v) is 11.5. The van der Waals surface area contributed by atoms with Gasteiger partial charge in [-0.05, 0) is 30.7 Å². The van der Waals surface area contributed by atoms with Gasteiger partial charge in [-0.2, -0.15) is 0 Å². The maximum Gasteiger partial charge on any atom is 0.335 e. The molecule has 0 radical (unpaired) electrons. The van der Waals surface area contributed by atoms with E-state index in [9.17, 15) is 13.8 Å². The average molecular weight is 284 g/mol. The molecule has 19 heavy (non-hydrogen) atoms. The Kier molecular flexibility index (Phi) is 5.50. The van der Waals surface area contributed by atoms with Crippen molar-refractivity contribution in [2.75, 3.05) is 23.9 Å². The number of nitrogens with one attached hydrogen (secondary N) is 2. The van der Waals surface area contributed by atoms with Crippen LogP contribution in [-0.2, 0) is 10.8 Å². The number of benzene rings is 1. The predicted molar refractivity (Wildman–Crippen MR) is 74.1 cm³/mol. The summed E-state index contributed by atoms with van der Waals surface area (Å²) >= 11 is 0. The Morgan fingerprint density at radius 1 is 1.37 bits per heavy atom. The number of carbonyl (C=O) groups excluding carboxylic acids is 1. The maximum absolute atomic E-state index is 11.5. The molecule has 1 rings (SSSR count). The van der Waals surface area contributed by atoms with Crippen molar-refractivity contribution in [3.8, 4) is 0 Å². The van der Waals surface area contributed by atoms with Gasteiger partial charge in [-0.1, -0.05) is 0 Å². The lowest BCUT2D eigenvalue weighted by Gasteiger charge is -2.08. The molecule has 0 spiro atoms. The van der Waals surface area contributed by atoms with Crippen LogP contribution in [-0.4, -0.2) is 39.9 Å². The van der Waals surface area contributed by atoms with Crippen LogP contribution in [0.1, 0.15) is 15.9 Å². The molecule has 0 aliphatic carbocycles. The van der Waals surface area contributed by atoms with Gasteiger partial charge in [0.25, 0.3) is 0 Å². The van der Waals surface area contributed by atoms with Crippen LogP contribution >= 0.6 is 0 Å². The van der Waals surface area contributed by atoms with Crippen molar-refractivity contribution in [2.45, 2.75) is 6.92 Å². The second-order valence-corrected chi connectivity index (χ2v) is 5.55. The number of aryl methyl sites for hydroxylation is 1. The molecular weight excluding hydrogens is 268 g/mol. The van der Waals surface area contributed by atoms with Crippen molar-refractivity contribution in [3.63, 3.8) is 0 Å². The second-order valence-electron chi connectivity index (χ2n) is 3.99. The summed E-state index contributed by atoms with van der Waals surface area (Å²) in [6.45, 7) is 1.98. The number of carbonyl (C=O) groups is 2. The summed E-state index contributed by atoms with van der Waals surface area (Å²) in [5.41, 5.74) is 1.28. The number of anilines is 1. The lowest BCUT2D eigenvalue weighted by Crippen LogP contribution is -2.31. The van der Waals surface area contributed by atoms with E-state index in [2.05, 4.69) is 10.6 Å². The van der Waals surface area contributed by atoms with Gasteiger partial charge in [-0.25, -0.2) is 9.59 Å². The Labute approximate surface area is 113 Å². The van der Waals surface area contributed by atoms with Crippen LogP contribution in [0.25, 0.3) is 0 Å². The van der Waals surface area contributed by atoms with Crippen LogP contribution in [0.4, 0.5) is 10.5 Å². The van der Waals surface area contributed by atoms with E-state index in [-0.39, 0.29) is 5.56 Å². The maximum atomic E-state index is 11.5. The van der Waals surface area contributed by atoms with Crippen LogP contribution < -0.4 is 10.6 Å². The Balaban J connectivity index is 2.58. The van der Waals surface area contributed by atoms with Crippen LogP contribution in [0.15, 0.2) is 18.2 Å². The Morgan fingerprint density at radius 2 is 2.05 bits per heavy atom. The van der Waals surface area contributed by atoms with Crippen molar-refractivity contribution in [3.05, 3.63) is 29.3 Å². The average Bonchev–Trinajstić information content (AvgIpc) is 2.27. The summed E-state index contributed by atoms with van der Waals surface area (Å²) in [7, 11) is -0.948. The minimum absolute atomic E-state index is 0.201. The van der Waals surface area contributed by atoms with E-state index in [1.54, 1.807) is 19.2 Å². The third-order valence-electron chi connectivity index (χ3n) is 2.39. The first-order chi connectivity index (χ1) is 8.90. The third kappa shape index (κ3) is 5.09. The van der Waals surface area contributed by atoms with E-state index in [1.165, 1.54) is 12.1 Å². The van der Waals surface area contributed by atoms with E-state index in [0.717, 1.165) is 0 Å². The molecule has 0 saturated carbocycles. The molecule has 1 aromatic carbocycles. The Morgan fingerprint density at radius 3 is 2.58 bits per heavy atom. The van der Waals surface area contributed by atoms with Crippen molar-refractivity contribution >= 4 is 28.5 Å². The van der Waals surface area contributed by atoms with E-state index in [4.69, 9.17) is 5.11 Å². The van der Waals surface area contributed by atoms with Gasteiger partial charge in [0.1, 0.15) is 0 Å². The predicted octanol–water partition coefficient (Wildman–Crippen LogP) is 1.19. The summed E-state index contributed by atoms with van der Waals surface area (Å²) in [6, 6.07) is 4.14. The molecule has 0 bridgehead atoms. The van der Waals surface area contributed by atoms with Gasteiger partial charge in [0.2, 0.25) is 0 Å². The molecular formula is C12H16N2O4S. The van der Waals surface area contributed by atoms with Gasteiger partial charge >= 0.3 is 12.0 Å². The summed E-state index contributed by atoms with van der Waals surface area (Å²) in [5.74, 6) is -0.608. The number of carboxylic acids is 1. The monoisotopic (exact) mass is 284 g/mol. The molecule has 0 aliphatic heterocycles. The van der Waals surface area contributed by atoms with Gasteiger partial charge in [0.15, 0.2) is 0 Å². The summed E-state index contributed by atoms with van der Waals surface area (Å²) in [5, 5.41) is 14.0. The van der Waals surface area contributed by atoms with Crippen molar-refractivity contribution in [2.24, 2.45) is 0 Å². The normalized spacial score (nSPS) is 11.7. The van der Waals surface area contributed by atoms with Gasteiger partial charge in [-0.3, -0.25) is 4.21 Å². The molecule has 6 nitrogen and oxygen atoms in total. The standard InChI is InChI=1S/C12H16N2O4S/c1-8-7-9(3-4-10(8)11(15)16)14-12(17)13-5-6-19(2)18/h3-4,7H,5-6H2,1-2H3,(H,15,16)(H2,13,14,17). The molecule has 0 heterocycles. The summed E-state index contributed by atoms with van der Waals surface area (Å²) in [6.07, 6.45) is 1.56. The molecule has 2 amide bonds. The first kappa shape index (κ1) is 15.2. The van der Waals surface area contributed by atoms with E-state index < -0.39 is 22.8 Å². The number of hydrogen-bond donors (Lipinski definition) is 3. The molecule has 0 saturated heterocycles. The molecule has 104 valence electrons. The molecule has 1 aromatic rings. The van der Waals surface area contributed by atoms with Gasteiger partial charge in [-0.15, -0.1) is 0 Å². The van der Waals surface area contributed by atoms with Crippen molar-refractivity contribution < 1.29 is 18.9 Å². The number of rotatable bonds is 5. The number of amides is 2. The Hall–Kier alpha value is -1.89. The van der Waals surface area contributed by atoms with Gasteiger partial charge < -0.3 is 15.7 Å². The highest BCUT2D eigenvalue weighted by atomic mass is 32.2. The summed E-state index contributed by atoms with van der Waals surface area (Å²) < 4.78 is 10.8. The van der Waals surface area contributed by atoms with Crippen molar-refractivity contribution in [1.82, 2.24) is 5.32 Å². The van der Waals surface area contributed by atoms with Crippen LogP contribution in [0.5, 0.6) is 0 Å². The SMILES string of the molecule is Cc1cc(NC(=O)NCCS(C)=O)ccc1C(=O)O. The van der Waals surface area contributed by atoms with Crippen LogP contribution in [0, 0.1) is 6.92 Å². The quantitative estimate of drug-likeness (QED) is 0.757. The lowest BCUT2D eigenvalue weighted by molar-refractivity contribution is 0.0696.